The van der Waals surface area contributed by atoms with E-state index in [1.54, 1.807) is 43.3 Å². The predicted molar refractivity (Wildman–Crippen MR) is 68.2 cm³/mol. The van der Waals surface area contributed by atoms with Gasteiger partial charge < -0.3 is 5.11 Å². The van der Waals surface area contributed by atoms with Crippen LogP contribution < -0.4 is 5.32 Å². The molecule has 0 spiro atoms. The molecule has 0 bridgehead atoms. The summed E-state index contributed by atoms with van der Waals surface area (Å²) in [7, 11) is 0. The molecule has 0 aliphatic carbocycles. The standard InChI is InChI=1S/C14H12FNO2/c1-9-8-10(6-7-12(9)15)11-4-2-3-5-13(11)16-14(17)18/h2-8,16H,1H3,(H,17,18). The van der Waals surface area contributed by atoms with Crippen molar-refractivity contribution in [1.82, 2.24) is 0 Å². The van der Waals surface area contributed by atoms with E-state index < -0.39 is 6.09 Å². The summed E-state index contributed by atoms with van der Waals surface area (Å²) >= 11 is 0. The highest BCUT2D eigenvalue weighted by atomic mass is 19.1. The Morgan fingerprint density at radius 2 is 1.94 bits per heavy atom. The van der Waals surface area contributed by atoms with Crippen LogP contribution in [0.3, 0.4) is 0 Å². The van der Waals surface area contributed by atoms with E-state index in [0.29, 0.717) is 11.3 Å². The van der Waals surface area contributed by atoms with Gasteiger partial charge in [-0.15, -0.1) is 0 Å². The molecule has 2 N–H and O–H groups in total. The third kappa shape index (κ3) is 2.48. The van der Waals surface area contributed by atoms with Gasteiger partial charge in [-0.1, -0.05) is 24.3 Å². The lowest BCUT2D eigenvalue weighted by Gasteiger charge is -2.10. The van der Waals surface area contributed by atoms with Crippen molar-refractivity contribution >= 4 is 11.8 Å². The molecule has 4 heteroatoms. The average Bonchev–Trinajstić information content (AvgIpc) is 2.33. The molecule has 0 aliphatic rings. The second-order valence-corrected chi connectivity index (χ2v) is 3.94. The van der Waals surface area contributed by atoms with Crippen LogP contribution in [0, 0.1) is 12.7 Å². The first-order valence-electron chi connectivity index (χ1n) is 5.43. The highest BCUT2D eigenvalue weighted by Gasteiger charge is 2.08. The molecule has 0 saturated heterocycles. The van der Waals surface area contributed by atoms with Gasteiger partial charge in [0, 0.05) is 5.56 Å². The molecule has 0 fully saturated rings. The molecule has 2 rings (SSSR count). The number of aryl methyl sites for hydroxylation is 1. The Morgan fingerprint density at radius 1 is 1.22 bits per heavy atom. The lowest BCUT2D eigenvalue weighted by atomic mass is 10.0. The largest absolute Gasteiger partial charge is 0.465 e. The number of carboxylic acid groups (broad SMARTS) is 1. The fourth-order valence-electron chi connectivity index (χ4n) is 1.77. The van der Waals surface area contributed by atoms with Crippen LogP contribution in [0.2, 0.25) is 0 Å². The molecule has 3 nitrogen and oxygen atoms in total. The molecule has 0 unspecified atom stereocenters. The Balaban J connectivity index is 2.49. The predicted octanol–water partition coefficient (Wildman–Crippen LogP) is 3.89. The Bertz CT molecular complexity index is 596. The van der Waals surface area contributed by atoms with Gasteiger partial charge in [0.2, 0.25) is 0 Å². The number of nitrogens with one attached hydrogen (secondary N) is 1. The summed E-state index contributed by atoms with van der Waals surface area (Å²) < 4.78 is 13.2. The lowest BCUT2D eigenvalue weighted by Crippen LogP contribution is -2.08. The minimum absolute atomic E-state index is 0.276. The molecule has 2 aromatic rings. The van der Waals surface area contributed by atoms with E-state index >= 15 is 0 Å². The van der Waals surface area contributed by atoms with Crippen LogP contribution in [0.1, 0.15) is 5.56 Å². The third-order valence-electron chi connectivity index (χ3n) is 2.64. The van der Waals surface area contributed by atoms with Crippen molar-refractivity contribution in [3.05, 3.63) is 53.8 Å². The van der Waals surface area contributed by atoms with Crippen molar-refractivity contribution in [1.29, 1.82) is 0 Å². The van der Waals surface area contributed by atoms with Crippen LogP contribution in [0.5, 0.6) is 0 Å². The zero-order chi connectivity index (χ0) is 13.1. The summed E-state index contributed by atoms with van der Waals surface area (Å²) in [4.78, 5) is 10.7. The van der Waals surface area contributed by atoms with Gasteiger partial charge in [0.1, 0.15) is 5.82 Å². The fraction of sp³-hybridized carbons (Fsp3) is 0.0714. The molecule has 1 amide bonds. The first-order valence-corrected chi connectivity index (χ1v) is 5.43. The smallest absolute Gasteiger partial charge is 0.409 e. The van der Waals surface area contributed by atoms with E-state index in [-0.39, 0.29) is 5.82 Å². The van der Waals surface area contributed by atoms with Crippen LogP contribution in [0.25, 0.3) is 11.1 Å². The molecule has 0 atom stereocenters. The number of rotatable bonds is 2. The lowest BCUT2D eigenvalue weighted by molar-refractivity contribution is 0.210. The van der Waals surface area contributed by atoms with Crippen LogP contribution >= 0.6 is 0 Å². The second-order valence-electron chi connectivity index (χ2n) is 3.94. The van der Waals surface area contributed by atoms with Crippen molar-refractivity contribution in [2.24, 2.45) is 0 Å². The third-order valence-corrected chi connectivity index (χ3v) is 2.64. The first-order chi connectivity index (χ1) is 8.58. The second kappa shape index (κ2) is 4.87. The quantitative estimate of drug-likeness (QED) is 0.843. The van der Waals surface area contributed by atoms with Gasteiger partial charge in [0.05, 0.1) is 5.69 Å². The number of amides is 1. The summed E-state index contributed by atoms with van der Waals surface area (Å²) in [6.45, 7) is 1.67. The van der Waals surface area contributed by atoms with Crippen molar-refractivity contribution in [3.63, 3.8) is 0 Å². The number of benzene rings is 2. The van der Waals surface area contributed by atoms with Crippen molar-refractivity contribution in [2.75, 3.05) is 5.32 Å². The highest BCUT2D eigenvalue weighted by molar-refractivity contribution is 5.90. The minimum Gasteiger partial charge on any atom is -0.465 e. The number of para-hydroxylation sites is 1. The average molecular weight is 245 g/mol. The summed E-state index contributed by atoms with van der Waals surface area (Å²) in [6, 6.07) is 11.7. The van der Waals surface area contributed by atoms with Crippen LogP contribution in [-0.4, -0.2) is 11.2 Å². The van der Waals surface area contributed by atoms with E-state index in [1.807, 2.05) is 0 Å². The van der Waals surface area contributed by atoms with E-state index in [0.717, 1.165) is 11.1 Å². The molecule has 0 aliphatic heterocycles. The van der Waals surface area contributed by atoms with E-state index in [2.05, 4.69) is 5.32 Å². The van der Waals surface area contributed by atoms with Gasteiger partial charge in [0.25, 0.3) is 0 Å². The van der Waals surface area contributed by atoms with E-state index in [9.17, 15) is 9.18 Å². The number of anilines is 1. The van der Waals surface area contributed by atoms with E-state index in [1.165, 1.54) is 6.07 Å². The molecule has 0 heterocycles. The molecule has 0 saturated carbocycles. The van der Waals surface area contributed by atoms with Gasteiger partial charge in [-0.05, 0) is 36.2 Å². The van der Waals surface area contributed by atoms with Gasteiger partial charge >= 0.3 is 6.09 Å². The normalized spacial score (nSPS) is 10.1. The molecule has 0 radical (unpaired) electrons. The summed E-state index contributed by atoms with van der Waals surface area (Å²) in [5, 5.41) is 11.1. The highest BCUT2D eigenvalue weighted by Crippen LogP contribution is 2.28. The zero-order valence-electron chi connectivity index (χ0n) is 9.77. The molecule has 0 aromatic heterocycles. The van der Waals surface area contributed by atoms with Crippen LogP contribution in [-0.2, 0) is 0 Å². The SMILES string of the molecule is Cc1cc(-c2ccccc2NC(=O)O)ccc1F. The van der Waals surface area contributed by atoms with Gasteiger partial charge in [-0.2, -0.15) is 0 Å². The topological polar surface area (TPSA) is 49.3 Å². The van der Waals surface area contributed by atoms with Crippen molar-refractivity contribution in [2.45, 2.75) is 6.92 Å². The summed E-state index contributed by atoms with van der Waals surface area (Å²) in [5.74, 6) is -0.276. The van der Waals surface area contributed by atoms with Crippen molar-refractivity contribution < 1.29 is 14.3 Å². The maximum atomic E-state index is 13.2. The monoisotopic (exact) mass is 245 g/mol. The maximum Gasteiger partial charge on any atom is 0.409 e. The van der Waals surface area contributed by atoms with Gasteiger partial charge in [0.15, 0.2) is 0 Å². The summed E-state index contributed by atoms with van der Waals surface area (Å²) in [5.41, 5.74) is 2.51. The van der Waals surface area contributed by atoms with E-state index in [4.69, 9.17) is 5.11 Å². The summed E-state index contributed by atoms with van der Waals surface area (Å²) in [6.07, 6.45) is -1.12. The Hall–Kier alpha value is -2.36. The molecular weight excluding hydrogens is 233 g/mol. The molecule has 18 heavy (non-hydrogen) atoms. The maximum absolute atomic E-state index is 13.2. The minimum atomic E-state index is -1.12. The Morgan fingerprint density at radius 3 is 2.61 bits per heavy atom. The number of hydrogen-bond acceptors (Lipinski definition) is 1. The van der Waals surface area contributed by atoms with Crippen LogP contribution in [0.4, 0.5) is 14.9 Å². The van der Waals surface area contributed by atoms with Gasteiger partial charge in [-0.25, -0.2) is 9.18 Å². The van der Waals surface area contributed by atoms with Crippen LogP contribution in [0.15, 0.2) is 42.5 Å². The van der Waals surface area contributed by atoms with Crippen molar-refractivity contribution in [3.8, 4) is 11.1 Å². The Kier molecular flexibility index (Phi) is 3.28. The fourth-order valence-corrected chi connectivity index (χ4v) is 1.77. The molecular formula is C14H12FNO2. The molecule has 2 aromatic carbocycles. The molecule has 92 valence electrons. The number of carbonyl (C=O) groups is 1. The van der Waals surface area contributed by atoms with Gasteiger partial charge in [-0.3, -0.25) is 5.32 Å². The first kappa shape index (κ1) is 12.1. The number of halogens is 1. The zero-order valence-corrected chi connectivity index (χ0v) is 9.77. The Labute approximate surface area is 104 Å². The number of hydrogen-bond donors (Lipinski definition) is 2.